The van der Waals surface area contributed by atoms with Crippen LogP contribution in [0.1, 0.15) is 56.1 Å². The molecule has 9 nitrogen and oxygen atoms in total. The number of pyridine rings is 1. The Morgan fingerprint density at radius 1 is 1.32 bits per heavy atom. The van der Waals surface area contributed by atoms with Gasteiger partial charge in [-0.3, -0.25) is 4.98 Å². The molecule has 4 heterocycles. The van der Waals surface area contributed by atoms with Crippen LogP contribution >= 0.6 is 0 Å². The molecule has 6 atom stereocenters. The summed E-state index contributed by atoms with van der Waals surface area (Å²) in [6.45, 7) is 6.37. The van der Waals surface area contributed by atoms with Gasteiger partial charge in [-0.05, 0) is 52.2 Å². The van der Waals surface area contributed by atoms with Crippen molar-refractivity contribution in [2.45, 2.75) is 75.2 Å². The van der Waals surface area contributed by atoms with Gasteiger partial charge in [0, 0.05) is 18.9 Å². The quantitative estimate of drug-likeness (QED) is 0.256. The number of alkyl halides is 1. The summed E-state index contributed by atoms with van der Waals surface area (Å²) in [6.07, 6.45) is 3.83. The Balaban J connectivity index is 0.00000320. The average molecular weight is 527 g/mol. The first-order chi connectivity index (χ1) is 17.0. The molecule has 1 aromatic rings. The predicted octanol–water partition coefficient (Wildman–Crippen LogP) is -0.857. The summed E-state index contributed by atoms with van der Waals surface area (Å²) in [5.41, 5.74) is -1.47. The number of likely N-dealkylation sites (tertiary alicyclic amines) is 1. The second-order valence-electron chi connectivity index (χ2n) is 10.8. The molecule has 1 aliphatic carbocycles. The number of epoxide rings is 2. The number of hydrogen-bond donors (Lipinski definition) is 0. The predicted molar refractivity (Wildman–Crippen MR) is 123 cm³/mol. The molecule has 0 N–H and O–H groups in total. The molecular formula is C26H32FN2NaO7. The van der Waals surface area contributed by atoms with Crippen LogP contribution in [0.2, 0.25) is 0 Å². The summed E-state index contributed by atoms with van der Waals surface area (Å²) in [5, 5.41) is 10.9. The van der Waals surface area contributed by atoms with E-state index in [-0.39, 0.29) is 71.5 Å². The third kappa shape index (κ3) is 5.21. The molecule has 1 aromatic heterocycles. The van der Waals surface area contributed by atoms with Gasteiger partial charge in [0.05, 0.1) is 43.4 Å². The van der Waals surface area contributed by atoms with E-state index in [2.05, 4.69) is 31.8 Å². The van der Waals surface area contributed by atoms with Gasteiger partial charge >= 0.3 is 35.7 Å². The zero-order valence-electron chi connectivity index (χ0n) is 22.0. The maximum absolute atomic E-state index is 15.3. The van der Waals surface area contributed by atoms with Gasteiger partial charge < -0.3 is 33.7 Å². The third-order valence-electron chi connectivity index (χ3n) is 8.09. The second-order valence-corrected chi connectivity index (χ2v) is 10.8. The molecule has 1 saturated carbocycles. The maximum Gasteiger partial charge on any atom is 1.00 e. The molecule has 3 saturated heterocycles. The first kappa shape index (κ1) is 28.4. The number of methoxy groups -OCH3 is 1. The van der Waals surface area contributed by atoms with Gasteiger partial charge in [0.15, 0.2) is 5.67 Å². The molecule has 0 bridgehead atoms. The Kier molecular flexibility index (Phi) is 7.84. The fourth-order valence-corrected chi connectivity index (χ4v) is 5.90. The number of carbonyl (C=O) groups is 2. The fraction of sp³-hybridized carbons (Fsp3) is 0.654. The number of aromatic nitrogens is 1. The topological polar surface area (TPSA) is 117 Å². The van der Waals surface area contributed by atoms with E-state index >= 15 is 4.39 Å². The molecule has 0 aromatic carbocycles. The number of carbonyl (C=O) groups excluding carboxylic acids is 2. The minimum absolute atomic E-state index is 0. The van der Waals surface area contributed by atoms with Crippen LogP contribution in [0.4, 0.5) is 9.18 Å². The van der Waals surface area contributed by atoms with E-state index < -0.39 is 35.5 Å². The van der Waals surface area contributed by atoms with Crippen LogP contribution < -0.4 is 34.7 Å². The van der Waals surface area contributed by atoms with Crippen molar-refractivity contribution >= 4 is 12.1 Å². The van der Waals surface area contributed by atoms with Crippen molar-refractivity contribution < 1.29 is 67.6 Å². The van der Waals surface area contributed by atoms with Crippen molar-refractivity contribution in [1.82, 2.24) is 9.88 Å². The maximum atomic E-state index is 15.3. The van der Waals surface area contributed by atoms with E-state index in [0.717, 1.165) is 19.0 Å². The largest absolute Gasteiger partial charge is 1.00 e. The number of carboxylic acids is 1. The third-order valence-corrected chi connectivity index (χ3v) is 8.09. The van der Waals surface area contributed by atoms with Gasteiger partial charge in [0.25, 0.3) is 0 Å². The number of hydrogen-bond acceptors (Lipinski definition) is 8. The standard InChI is InChI=1S/C26H33FN2O7.Na/c1-15(2)5-8-19-24(3,36-19)21-20(33-4)17(9-10-26(21)14-34-26)35-23(32)29-12-25(27,13-29)18-7-6-16(11-28-18)22(30)31;/h5-7,11,17,19-21H,8-10,12-14H2,1-4H3,(H,30,31);/q;+1/p-1/t17-,19-,20-,21-,24+,26+;/m1./s1. The molecule has 4 aliphatic rings. The van der Waals surface area contributed by atoms with Crippen molar-refractivity contribution in [3.05, 3.63) is 41.2 Å². The zero-order chi connectivity index (χ0) is 25.9. The van der Waals surface area contributed by atoms with Gasteiger partial charge in [0.2, 0.25) is 0 Å². The van der Waals surface area contributed by atoms with E-state index in [1.54, 1.807) is 7.11 Å². The van der Waals surface area contributed by atoms with Crippen LogP contribution in [0.3, 0.4) is 0 Å². The molecule has 196 valence electrons. The monoisotopic (exact) mass is 526 g/mol. The van der Waals surface area contributed by atoms with Crippen LogP contribution in [0, 0.1) is 5.92 Å². The minimum Gasteiger partial charge on any atom is -0.545 e. The van der Waals surface area contributed by atoms with E-state index in [1.165, 1.54) is 22.6 Å². The van der Waals surface area contributed by atoms with E-state index in [1.807, 2.05) is 0 Å². The van der Waals surface area contributed by atoms with Crippen molar-refractivity contribution in [2.24, 2.45) is 5.92 Å². The number of aromatic carboxylic acids is 1. The molecule has 11 heteroatoms. The van der Waals surface area contributed by atoms with Crippen molar-refractivity contribution in [3.8, 4) is 0 Å². The summed E-state index contributed by atoms with van der Waals surface area (Å²) < 4.78 is 39.1. The molecule has 1 spiro atoms. The number of carboxylic acid groups (broad SMARTS) is 1. The Morgan fingerprint density at radius 2 is 2.03 bits per heavy atom. The SMILES string of the molecule is CO[C@@H]1[C@H](OC(=O)N2CC(F)(c3ccc(C(=O)[O-])cn3)C2)CC[C@]2(CO2)[C@H]1[C@@]1(C)O[C@@H]1CC=C(C)C.[Na+]. The minimum atomic E-state index is -1.86. The van der Waals surface area contributed by atoms with E-state index in [0.29, 0.717) is 13.0 Å². The summed E-state index contributed by atoms with van der Waals surface area (Å²) in [5.74, 6) is -1.48. The number of allylic oxidation sites excluding steroid dienone is 1. The first-order valence-corrected chi connectivity index (χ1v) is 12.3. The number of halogens is 1. The number of ether oxygens (including phenoxy) is 4. The molecular weight excluding hydrogens is 494 g/mol. The number of amides is 1. The summed E-state index contributed by atoms with van der Waals surface area (Å²) >= 11 is 0. The zero-order valence-corrected chi connectivity index (χ0v) is 24.0. The molecule has 1 amide bonds. The number of rotatable bonds is 7. The number of nitrogens with zero attached hydrogens (tertiary/aromatic N) is 2. The smallest absolute Gasteiger partial charge is 0.545 e. The van der Waals surface area contributed by atoms with Crippen LogP contribution in [0.5, 0.6) is 0 Å². The Bertz CT molecular complexity index is 1070. The van der Waals surface area contributed by atoms with Gasteiger partial charge in [-0.25, -0.2) is 9.18 Å². The van der Waals surface area contributed by atoms with Crippen LogP contribution in [-0.4, -0.2) is 78.3 Å². The Labute approximate surface area is 238 Å². The van der Waals surface area contributed by atoms with Crippen molar-refractivity contribution in [3.63, 3.8) is 0 Å². The molecule has 5 rings (SSSR count). The summed E-state index contributed by atoms with van der Waals surface area (Å²) in [6, 6.07) is 2.55. The van der Waals surface area contributed by atoms with Crippen LogP contribution in [0.25, 0.3) is 0 Å². The van der Waals surface area contributed by atoms with Gasteiger partial charge in [0.1, 0.15) is 23.4 Å². The fourth-order valence-electron chi connectivity index (χ4n) is 5.90. The molecule has 4 fully saturated rings. The molecule has 0 radical (unpaired) electrons. The average Bonchev–Trinajstić information content (AvgIpc) is 3.73. The Hall–Kier alpha value is -1.56. The van der Waals surface area contributed by atoms with Crippen molar-refractivity contribution in [2.75, 3.05) is 26.8 Å². The van der Waals surface area contributed by atoms with Gasteiger partial charge in [-0.1, -0.05) is 11.6 Å². The molecule has 37 heavy (non-hydrogen) atoms. The summed E-state index contributed by atoms with van der Waals surface area (Å²) in [4.78, 5) is 29.0. The van der Waals surface area contributed by atoms with Crippen molar-refractivity contribution in [1.29, 1.82) is 0 Å². The van der Waals surface area contributed by atoms with Gasteiger partial charge in [-0.15, -0.1) is 0 Å². The molecule has 3 aliphatic heterocycles. The van der Waals surface area contributed by atoms with Crippen LogP contribution in [-0.2, 0) is 24.6 Å². The normalized spacial score (nSPS) is 35.1. The summed E-state index contributed by atoms with van der Waals surface area (Å²) in [7, 11) is 1.61. The first-order valence-electron chi connectivity index (χ1n) is 12.3. The second kappa shape index (κ2) is 10.2. The van der Waals surface area contributed by atoms with E-state index in [9.17, 15) is 14.7 Å². The van der Waals surface area contributed by atoms with E-state index in [4.69, 9.17) is 18.9 Å². The van der Waals surface area contributed by atoms with Crippen LogP contribution in [0.15, 0.2) is 30.0 Å². The van der Waals surface area contributed by atoms with Gasteiger partial charge in [-0.2, -0.15) is 0 Å². The molecule has 0 unspecified atom stereocenters. The Morgan fingerprint density at radius 3 is 2.57 bits per heavy atom.